The van der Waals surface area contributed by atoms with E-state index < -0.39 is 0 Å². The van der Waals surface area contributed by atoms with Crippen LogP contribution < -0.4 is 5.32 Å². The van der Waals surface area contributed by atoms with Crippen LogP contribution in [0.3, 0.4) is 0 Å². The van der Waals surface area contributed by atoms with Crippen molar-refractivity contribution in [1.29, 1.82) is 0 Å². The van der Waals surface area contributed by atoms with Gasteiger partial charge in [0.15, 0.2) is 0 Å². The maximum absolute atomic E-state index is 4.38. The topological polar surface area (TPSA) is 33.1 Å². The van der Waals surface area contributed by atoms with Gasteiger partial charge in [-0.3, -0.25) is 0 Å². The molecule has 1 aliphatic heterocycles. The average molecular weight is 264 g/mol. The zero-order valence-electron chi connectivity index (χ0n) is 12.8. The van der Waals surface area contributed by atoms with Crippen molar-refractivity contribution in [1.82, 2.24) is 19.8 Å². The van der Waals surface area contributed by atoms with Crippen LogP contribution in [0, 0.1) is 0 Å². The summed E-state index contributed by atoms with van der Waals surface area (Å²) in [7, 11) is 2.02. The summed E-state index contributed by atoms with van der Waals surface area (Å²) in [4.78, 5) is 6.96. The molecule has 1 aromatic rings. The summed E-state index contributed by atoms with van der Waals surface area (Å²) in [5.74, 6) is 0. The first-order chi connectivity index (χ1) is 9.08. The highest BCUT2D eigenvalue weighted by Crippen LogP contribution is 2.28. The van der Waals surface area contributed by atoms with E-state index in [9.17, 15) is 0 Å². The highest BCUT2D eigenvalue weighted by molar-refractivity contribution is 5.12. The second-order valence-electron chi connectivity index (χ2n) is 6.13. The molecule has 108 valence electrons. The van der Waals surface area contributed by atoms with Gasteiger partial charge in [0.25, 0.3) is 0 Å². The second-order valence-corrected chi connectivity index (χ2v) is 6.13. The smallest absolute Gasteiger partial charge is 0.0951 e. The second kappa shape index (κ2) is 6.06. The van der Waals surface area contributed by atoms with Crippen molar-refractivity contribution in [3.05, 3.63) is 18.2 Å². The van der Waals surface area contributed by atoms with Gasteiger partial charge in [0.1, 0.15) is 0 Å². The summed E-state index contributed by atoms with van der Waals surface area (Å²) in [6, 6.07) is 0.609. The van der Waals surface area contributed by atoms with Crippen LogP contribution in [0.15, 0.2) is 12.5 Å². The third-order valence-corrected chi connectivity index (χ3v) is 4.42. The largest absolute Gasteiger partial charge is 0.330 e. The molecule has 4 nitrogen and oxygen atoms in total. The number of hydrogen-bond donors (Lipinski definition) is 1. The minimum absolute atomic E-state index is 0.0168. The van der Waals surface area contributed by atoms with Crippen molar-refractivity contribution in [2.75, 3.05) is 26.7 Å². The number of hydrogen-bond acceptors (Lipinski definition) is 3. The summed E-state index contributed by atoms with van der Waals surface area (Å²) in [6.07, 6.45) is 7.75. The molecule has 0 aliphatic carbocycles. The number of rotatable bonds is 5. The molecule has 1 aliphatic rings. The van der Waals surface area contributed by atoms with E-state index >= 15 is 0 Å². The lowest BCUT2D eigenvalue weighted by Gasteiger charge is -2.35. The van der Waals surface area contributed by atoms with Crippen LogP contribution in [0.25, 0.3) is 0 Å². The van der Waals surface area contributed by atoms with Crippen molar-refractivity contribution in [3.8, 4) is 0 Å². The van der Waals surface area contributed by atoms with E-state index in [2.05, 4.69) is 40.5 Å². The van der Waals surface area contributed by atoms with Gasteiger partial charge in [-0.05, 0) is 46.7 Å². The number of likely N-dealkylation sites (tertiary alicyclic amines) is 1. The van der Waals surface area contributed by atoms with Gasteiger partial charge in [-0.2, -0.15) is 0 Å². The minimum Gasteiger partial charge on any atom is -0.330 e. The van der Waals surface area contributed by atoms with Gasteiger partial charge >= 0.3 is 0 Å². The van der Waals surface area contributed by atoms with Gasteiger partial charge in [-0.15, -0.1) is 0 Å². The van der Waals surface area contributed by atoms with Gasteiger partial charge in [-0.25, -0.2) is 4.98 Å². The molecule has 2 heterocycles. The molecule has 0 radical (unpaired) electrons. The molecule has 1 N–H and O–H groups in total. The van der Waals surface area contributed by atoms with E-state index in [1.807, 2.05) is 19.6 Å². The van der Waals surface area contributed by atoms with Crippen molar-refractivity contribution in [2.45, 2.75) is 51.6 Å². The molecule has 1 aromatic heterocycles. The highest BCUT2D eigenvalue weighted by atomic mass is 15.2. The number of piperidine rings is 1. The summed E-state index contributed by atoms with van der Waals surface area (Å²) in [5, 5.41) is 3.38. The molecular formula is C15H28N4. The average Bonchev–Trinajstić information content (AvgIpc) is 2.90. The van der Waals surface area contributed by atoms with E-state index in [1.54, 1.807) is 0 Å². The molecule has 4 heteroatoms. The Morgan fingerprint density at radius 2 is 2.05 bits per heavy atom. The van der Waals surface area contributed by atoms with Gasteiger partial charge in [0.05, 0.1) is 23.8 Å². The van der Waals surface area contributed by atoms with Crippen molar-refractivity contribution in [2.24, 2.45) is 0 Å². The predicted molar refractivity (Wildman–Crippen MR) is 79.3 cm³/mol. The Morgan fingerprint density at radius 3 is 2.63 bits per heavy atom. The fraction of sp³-hybridized carbons (Fsp3) is 0.800. The zero-order valence-corrected chi connectivity index (χ0v) is 12.8. The third kappa shape index (κ3) is 3.18. The lowest BCUT2D eigenvalue weighted by atomic mass is 9.98. The molecule has 0 aromatic carbocycles. The highest BCUT2D eigenvalue weighted by Gasteiger charge is 2.27. The Bertz CT molecular complexity index is 389. The zero-order chi connectivity index (χ0) is 13.9. The molecule has 2 rings (SSSR count). The normalized spacial score (nSPS) is 18.9. The summed E-state index contributed by atoms with van der Waals surface area (Å²) in [6.45, 7) is 10.4. The summed E-state index contributed by atoms with van der Waals surface area (Å²) in [5.41, 5.74) is 1.28. The lowest BCUT2D eigenvalue weighted by molar-refractivity contribution is 0.182. The molecule has 0 saturated carbocycles. The van der Waals surface area contributed by atoms with E-state index in [0.29, 0.717) is 6.04 Å². The molecule has 0 bridgehead atoms. The van der Waals surface area contributed by atoms with Crippen LogP contribution in [0.4, 0.5) is 0 Å². The standard InChI is InChI=1S/C15H28N4/c1-5-8-18-9-6-13(7-10-18)19-12-17-11-14(19)15(2,3)16-4/h11-13,16H,5-10H2,1-4H3. The van der Waals surface area contributed by atoms with Gasteiger partial charge in [-0.1, -0.05) is 6.92 Å². The maximum atomic E-state index is 4.38. The SMILES string of the molecule is CCCN1CCC(n2cncc2C(C)(C)NC)CC1. The number of nitrogens with zero attached hydrogens (tertiary/aromatic N) is 3. The molecule has 0 amide bonds. The van der Waals surface area contributed by atoms with Crippen LogP contribution in [-0.2, 0) is 5.54 Å². The van der Waals surface area contributed by atoms with Crippen molar-refractivity contribution in [3.63, 3.8) is 0 Å². The Morgan fingerprint density at radius 1 is 1.37 bits per heavy atom. The number of imidazole rings is 1. The predicted octanol–water partition coefficient (Wildman–Crippen LogP) is 2.38. The first kappa shape index (κ1) is 14.5. The van der Waals surface area contributed by atoms with Crippen LogP contribution in [0.5, 0.6) is 0 Å². The Balaban J connectivity index is 2.06. The molecule has 1 fully saturated rings. The van der Waals surface area contributed by atoms with E-state index in [1.165, 1.54) is 44.6 Å². The fourth-order valence-corrected chi connectivity index (χ4v) is 2.95. The van der Waals surface area contributed by atoms with Crippen LogP contribution in [0.1, 0.15) is 51.8 Å². The van der Waals surface area contributed by atoms with Crippen molar-refractivity contribution < 1.29 is 0 Å². The quantitative estimate of drug-likeness (QED) is 0.886. The Labute approximate surface area is 117 Å². The fourth-order valence-electron chi connectivity index (χ4n) is 2.95. The molecule has 19 heavy (non-hydrogen) atoms. The van der Waals surface area contributed by atoms with Crippen LogP contribution >= 0.6 is 0 Å². The summed E-state index contributed by atoms with van der Waals surface area (Å²) < 4.78 is 2.39. The Kier molecular flexibility index (Phi) is 4.63. The van der Waals surface area contributed by atoms with Gasteiger partial charge < -0.3 is 14.8 Å². The van der Waals surface area contributed by atoms with E-state index in [4.69, 9.17) is 0 Å². The van der Waals surface area contributed by atoms with Gasteiger partial charge in [0, 0.05) is 19.1 Å². The first-order valence-electron chi connectivity index (χ1n) is 7.52. The van der Waals surface area contributed by atoms with Crippen molar-refractivity contribution >= 4 is 0 Å². The minimum atomic E-state index is -0.0168. The molecule has 0 spiro atoms. The summed E-state index contributed by atoms with van der Waals surface area (Å²) >= 11 is 0. The molecule has 0 atom stereocenters. The van der Waals surface area contributed by atoms with Crippen LogP contribution in [0.2, 0.25) is 0 Å². The maximum Gasteiger partial charge on any atom is 0.0951 e. The lowest BCUT2D eigenvalue weighted by Crippen LogP contribution is -2.39. The monoisotopic (exact) mass is 264 g/mol. The molecule has 0 unspecified atom stereocenters. The Hall–Kier alpha value is -0.870. The van der Waals surface area contributed by atoms with E-state index in [0.717, 1.165) is 0 Å². The molecular weight excluding hydrogens is 236 g/mol. The third-order valence-electron chi connectivity index (χ3n) is 4.42. The van der Waals surface area contributed by atoms with Crippen LogP contribution in [-0.4, -0.2) is 41.1 Å². The van der Waals surface area contributed by atoms with Gasteiger partial charge in [0.2, 0.25) is 0 Å². The number of nitrogens with one attached hydrogen (secondary N) is 1. The number of aromatic nitrogens is 2. The van der Waals surface area contributed by atoms with E-state index in [-0.39, 0.29) is 5.54 Å². The first-order valence-corrected chi connectivity index (χ1v) is 7.52. The molecule has 1 saturated heterocycles.